The van der Waals surface area contributed by atoms with E-state index in [1.165, 1.54) is 0 Å². The van der Waals surface area contributed by atoms with E-state index < -0.39 is 10.0 Å². The minimum absolute atomic E-state index is 0.358. The van der Waals surface area contributed by atoms with Crippen LogP contribution in [0.4, 0.5) is 5.69 Å². The fraction of sp³-hybridized carbons (Fsp3) is 0.200. The molecule has 0 aliphatic carbocycles. The van der Waals surface area contributed by atoms with E-state index in [0.29, 0.717) is 36.1 Å². The number of hydrogen-bond donors (Lipinski definition) is 0. The fourth-order valence-corrected chi connectivity index (χ4v) is 4.90. The van der Waals surface area contributed by atoms with Gasteiger partial charge in [-0.15, -0.1) is 0 Å². The van der Waals surface area contributed by atoms with Crippen molar-refractivity contribution in [3.05, 3.63) is 71.8 Å². The topological polar surface area (TPSA) is 40.6 Å². The number of halogens is 1. The summed E-state index contributed by atoms with van der Waals surface area (Å²) in [5.74, 6) is 0. The Morgan fingerprint density at radius 3 is 2.12 bits per heavy atom. The number of nitrogens with zero attached hydrogens (tertiary/aromatic N) is 2. The van der Waals surface area contributed by atoms with Crippen LogP contribution < -0.4 is 4.90 Å². The van der Waals surface area contributed by atoms with Crippen molar-refractivity contribution in [1.29, 1.82) is 0 Å². The molecule has 0 spiro atoms. The Hall–Kier alpha value is -2.08. The highest BCUT2D eigenvalue weighted by Gasteiger charge is 2.28. The van der Waals surface area contributed by atoms with Crippen LogP contribution in [0.15, 0.2) is 71.6 Å². The van der Waals surface area contributed by atoms with E-state index in [4.69, 9.17) is 11.6 Å². The average Bonchev–Trinajstić information content (AvgIpc) is 2.68. The summed E-state index contributed by atoms with van der Waals surface area (Å²) in [7, 11) is -3.48. The van der Waals surface area contributed by atoms with Gasteiger partial charge >= 0.3 is 0 Å². The van der Waals surface area contributed by atoms with Crippen molar-refractivity contribution in [2.24, 2.45) is 0 Å². The zero-order valence-corrected chi connectivity index (χ0v) is 15.7. The maximum absolute atomic E-state index is 13.0. The normalized spacial score (nSPS) is 16.1. The molecule has 4 nitrogen and oxygen atoms in total. The van der Waals surface area contributed by atoms with Gasteiger partial charge in [0.25, 0.3) is 0 Å². The number of benzene rings is 3. The summed E-state index contributed by atoms with van der Waals surface area (Å²) in [6.07, 6.45) is 0. The summed E-state index contributed by atoms with van der Waals surface area (Å²) in [4.78, 5) is 2.54. The first-order chi connectivity index (χ1) is 12.5. The molecule has 4 rings (SSSR count). The van der Waals surface area contributed by atoms with E-state index in [0.717, 1.165) is 16.5 Å². The molecule has 26 heavy (non-hydrogen) atoms. The summed E-state index contributed by atoms with van der Waals surface area (Å²) in [5.41, 5.74) is 1.07. The zero-order valence-electron chi connectivity index (χ0n) is 14.2. The molecule has 134 valence electrons. The molecule has 0 radical (unpaired) electrons. The average molecular weight is 387 g/mol. The van der Waals surface area contributed by atoms with Gasteiger partial charge in [-0.3, -0.25) is 0 Å². The lowest BCUT2D eigenvalue weighted by Gasteiger charge is -2.35. The molecule has 0 unspecified atom stereocenters. The van der Waals surface area contributed by atoms with Crippen molar-refractivity contribution >= 4 is 38.1 Å². The highest BCUT2D eigenvalue weighted by atomic mass is 35.5. The lowest BCUT2D eigenvalue weighted by molar-refractivity contribution is 0.385. The number of hydrogen-bond acceptors (Lipinski definition) is 3. The second kappa shape index (κ2) is 6.91. The van der Waals surface area contributed by atoms with Crippen LogP contribution in [-0.2, 0) is 10.0 Å². The van der Waals surface area contributed by atoms with Gasteiger partial charge in [0, 0.05) is 36.9 Å². The third kappa shape index (κ3) is 3.30. The Labute approximate surface area is 158 Å². The number of fused-ring (bicyclic) bond motifs is 1. The number of sulfonamides is 1. The van der Waals surface area contributed by atoms with Crippen LogP contribution >= 0.6 is 11.6 Å². The first-order valence-corrected chi connectivity index (χ1v) is 10.4. The standard InChI is InChI=1S/C20H19ClN2O2S/c21-18-6-8-19(9-7-18)22-11-13-23(14-12-22)26(24,25)20-10-5-16-3-1-2-4-17(16)15-20/h1-10,15H,11-14H2. The lowest BCUT2D eigenvalue weighted by atomic mass is 10.1. The van der Waals surface area contributed by atoms with Crippen molar-refractivity contribution in [3.63, 3.8) is 0 Å². The van der Waals surface area contributed by atoms with Gasteiger partial charge in [0.1, 0.15) is 0 Å². The Morgan fingerprint density at radius 1 is 0.769 bits per heavy atom. The quantitative estimate of drug-likeness (QED) is 0.683. The van der Waals surface area contributed by atoms with Crippen LogP contribution in [0, 0.1) is 0 Å². The zero-order chi connectivity index (χ0) is 18.1. The van der Waals surface area contributed by atoms with Gasteiger partial charge in [-0.25, -0.2) is 8.42 Å². The number of piperazine rings is 1. The molecule has 3 aromatic rings. The predicted octanol–water partition coefficient (Wildman–Crippen LogP) is 4.00. The molecular formula is C20H19ClN2O2S. The first-order valence-electron chi connectivity index (χ1n) is 8.53. The molecule has 0 amide bonds. The van der Waals surface area contributed by atoms with E-state index in [9.17, 15) is 8.42 Å². The highest BCUT2D eigenvalue weighted by Crippen LogP contribution is 2.25. The molecule has 0 N–H and O–H groups in total. The smallest absolute Gasteiger partial charge is 0.243 e. The number of rotatable bonds is 3. The van der Waals surface area contributed by atoms with Crippen molar-refractivity contribution in [2.45, 2.75) is 4.90 Å². The van der Waals surface area contributed by atoms with Crippen LogP contribution in [0.3, 0.4) is 0 Å². The summed E-state index contributed by atoms with van der Waals surface area (Å²) in [5, 5.41) is 2.68. The molecule has 1 fully saturated rings. The van der Waals surface area contributed by atoms with E-state index in [2.05, 4.69) is 4.90 Å². The van der Waals surface area contributed by atoms with Gasteiger partial charge in [-0.05, 0) is 47.2 Å². The highest BCUT2D eigenvalue weighted by molar-refractivity contribution is 7.89. The van der Waals surface area contributed by atoms with Gasteiger partial charge in [0.2, 0.25) is 10.0 Å². The van der Waals surface area contributed by atoms with E-state index >= 15 is 0 Å². The van der Waals surface area contributed by atoms with Crippen molar-refractivity contribution in [3.8, 4) is 0 Å². The van der Waals surface area contributed by atoms with Crippen LogP contribution in [0.5, 0.6) is 0 Å². The monoisotopic (exact) mass is 386 g/mol. The van der Waals surface area contributed by atoms with Gasteiger partial charge in [-0.1, -0.05) is 41.9 Å². The molecule has 1 aliphatic rings. The number of anilines is 1. The Bertz CT molecular complexity index is 1030. The van der Waals surface area contributed by atoms with E-state index in [1.54, 1.807) is 16.4 Å². The lowest BCUT2D eigenvalue weighted by Crippen LogP contribution is -2.48. The Kier molecular flexibility index (Phi) is 4.61. The third-order valence-corrected chi connectivity index (χ3v) is 6.94. The van der Waals surface area contributed by atoms with Gasteiger partial charge in [0.05, 0.1) is 4.90 Å². The summed E-state index contributed by atoms with van der Waals surface area (Å²) in [6, 6.07) is 20.8. The molecular weight excluding hydrogens is 368 g/mol. The van der Waals surface area contributed by atoms with Gasteiger partial charge in [-0.2, -0.15) is 4.31 Å². The minimum atomic E-state index is -3.48. The van der Waals surface area contributed by atoms with Crippen molar-refractivity contribution < 1.29 is 8.42 Å². The Morgan fingerprint density at radius 2 is 1.42 bits per heavy atom. The second-order valence-electron chi connectivity index (χ2n) is 6.38. The first kappa shape index (κ1) is 17.3. The minimum Gasteiger partial charge on any atom is -0.369 e. The second-order valence-corrected chi connectivity index (χ2v) is 8.75. The van der Waals surface area contributed by atoms with Crippen LogP contribution in [0.1, 0.15) is 0 Å². The Balaban J connectivity index is 1.52. The van der Waals surface area contributed by atoms with E-state index in [-0.39, 0.29) is 0 Å². The van der Waals surface area contributed by atoms with Crippen molar-refractivity contribution in [1.82, 2.24) is 4.31 Å². The summed E-state index contributed by atoms with van der Waals surface area (Å²) in [6.45, 7) is 2.26. The molecule has 1 aliphatic heterocycles. The maximum Gasteiger partial charge on any atom is 0.243 e. The predicted molar refractivity (Wildman–Crippen MR) is 106 cm³/mol. The molecule has 1 saturated heterocycles. The molecule has 3 aromatic carbocycles. The third-order valence-electron chi connectivity index (χ3n) is 4.79. The summed E-state index contributed by atoms with van der Waals surface area (Å²) >= 11 is 5.94. The molecule has 0 bridgehead atoms. The molecule has 6 heteroatoms. The van der Waals surface area contributed by atoms with Crippen LogP contribution in [-0.4, -0.2) is 38.9 Å². The largest absolute Gasteiger partial charge is 0.369 e. The van der Waals surface area contributed by atoms with Crippen LogP contribution in [0.25, 0.3) is 10.8 Å². The van der Waals surface area contributed by atoms with Gasteiger partial charge < -0.3 is 4.90 Å². The van der Waals surface area contributed by atoms with Crippen LogP contribution in [0.2, 0.25) is 5.02 Å². The molecule has 0 atom stereocenters. The SMILES string of the molecule is O=S(=O)(c1ccc2ccccc2c1)N1CCN(c2ccc(Cl)cc2)CC1. The van der Waals surface area contributed by atoms with Gasteiger partial charge in [0.15, 0.2) is 0 Å². The molecule has 1 heterocycles. The fourth-order valence-electron chi connectivity index (χ4n) is 3.32. The van der Waals surface area contributed by atoms with E-state index in [1.807, 2.05) is 54.6 Å². The summed E-state index contributed by atoms with van der Waals surface area (Å²) < 4.78 is 27.6. The molecule has 0 saturated carbocycles. The molecule has 0 aromatic heterocycles. The van der Waals surface area contributed by atoms with Crippen molar-refractivity contribution in [2.75, 3.05) is 31.1 Å². The maximum atomic E-state index is 13.0.